The summed E-state index contributed by atoms with van der Waals surface area (Å²) in [7, 11) is 0. The Morgan fingerprint density at radius 3 is 2.57 bits per heavy atom. The van der Waals surface area contributed by atoms with Crippen molar-refractivity contribution < 1.29 is 4.74 Å². The molecule has 3 rings (SSSR count). The van der Waals surface area contributed by atoms with Crippen molar-refractivity contribution in [2.24, 2.45) is 0 Å². The van der Waals surface area contributed by atoms with Crippen molar-refractivity contribution in [3.63, 3.8) is 0 Å². The highest BCUT2D eigenvalue weighted by molar-refractivity contribution is 7.99. The van der Waals surface area contributed by atoms with Crippen molar-refractivity contribution in [3.05, 3.63) is 60.4 Å². The lowest BCUT2D eigenvalue weighted by Crippen LogP contribution is -2.01. The molecule has 0 N–H and O–H groups in total. The Morgan fingerprint density at radius 2 is 1.71 bits per heavy atom. The maximum atomic E-state index is 5.71. The minimum absolute atomic E-state index is 0.659. The number of ether oxygens (including phenoxy) is 1. The van der Waals surface area contributed by atoms with Crippen molar-refractivity contribution in [2.75, 3.05) is 12.4 Å². The molecule has 0 bridgehead atoms. The first-order valence-electron chi connectivity index (χ1n) is 6.87. The van der Waals surface area contributed by atoms with Crippen LogP contribution < -0.4 is 4.74 Å². The second-order valence-electron chi connectivity index (χ2n) is 4.60. The highest BCUT2D eigenvalue weighted by Gasteiger charge is 2.05. The molecule has 0 atom stereocenters. The molecule has 0 fully saturated rings. The lowest BCUT2D eigenvalue weighted by Gasteiger charge is -2.08. The molecule has 0 amide bonds. The van der Waals surface area contributed by atoms with Gasteiger partial charge < -0.3 is 4.74 Å². The number of hydrogen-bond acceptors (Lipinski definition) is 4. The molecular weight excluding hydrogens is 280 g/mol. The fourth-order valence-corrected chi connectivity index (χ4v) is 2.97. The SMILES string of the molecule is Cc1nc(SCCOc2ccccc2)c2ccccc2n1. The number of rotatable bonds is 5. The summed E-state index contributed by atoms with van der Waals surface area (Å²) in [5, 5.41) is 2.13. The van der Waals surface area contributed by atoms with Crippen LogP contribution in [0.3, 0.4) is 0 Å². The molecule has 0 radical (unpaired) electrons. The van der Waals surface area contributed by atoms with Gasteiger partial charge in [-0.15, -0.1) is 11.8 Å². The summed E-state index contributed by atoms with van der Waals surface area (Å²) >= 11 is 1.71. The van der Waals surface area contributed by atoms with E-state index in [2.05, 4.69) is 16.0 Å². The number of aromatic nitrogens is 2. The van der Waals surface area contributed by atoms with E-state index in [-0.39, 0.29) is 0 Å². The lowest BCUT2D eigenvalue weighted by molar-refractivity contribution is 0.344. The van der Waals surface area contributed by atoms with Gasteiger partial charge in [-0.2, -0.15) is 0 Å². The van der Waals surface area contributed by atoms with Crippen molar-refractivity contribution in [2.45, 2.75) is 11.9 Å². The van der Waals surface area contributed by atoms with Gasteiger partial charge in [0.25, 0.3) is 0 Å². The minimum atomic E-state index is 0.659. The maximum absolute atomic E-state index is 5.71. The zero-order chi connectivity index (χ0) is 14.5. The van der Waals surface area contributed by atoms with Gasteiger partial charge in [0.15, 0.2) is 0 Å². The van der Waals surface area contributed by atoms with E-state index in [1.807, 2.05) is 55.5 Å². The first kappa shape index (κ1) is 13.9. The van der Waals surface area contributed by atoms with E-state index in [4.69, 9.17) is 4.74 Å². The minimum Gasteiger partial charge on any atom is -0.493 e. The molecule has 1 heterocycles. The third kappa shape index (κ3) is 3.52. The quantitative estimate of drug-likeness (QED) is 0.403. The average Bonchev–Trinajstić information content (AvgIpc) is 2.52. The molecule has 0 saturated carbocycles. The Balaban J connectivity index is 1.65. The summed E-state index contributed by atoms with van der Waals surface area (Å²) in [5.74, 6) is 2.57. The van der Waals surface area contributed by atoms with Crippen LogP contribution in [0.15, 0.2) is 59.6 Å². The van der Waals surface area contributed by atoms with Crippen molar-refractivity contribution in [1.29, 1.82) is 0 Å². The normalized spacial score (nSPS) is 10.7. The number of nitrogens with zero attached hydrogens (tertiary/aromatic N) is 2. The summed E-state index contributed by atoms with van der Waals surface area (Å²) in [5.41, 5.74) is 0.997. The van der Waals surface area contributed by atoms with Crippen molar-refractivity contribution in [3.8, 4) is 5.75 Å². The van der Waals surface area contributed by atoms with Crippen LogP contribution in [0, 0.1) is 6.92 Å². The highest BCUT2D eigenvalue weighted by atomic mass is 32.2. The number of fused-ring (bicyclic) bond motifs is 1. The second-order valence-corrected chi connectivity index (χ2v) is 5.69. The summed E-state index contributed by atoms with van der Waals surface area (Å²) in [6.45, 7) is 2.59. The molecular formula is C17H16N2OS. The van der Waals surface area contributed by atoms with Gasteiger partial charge in [0.05, 0.1) is 12.1 Å². The van der Waals surface area contributed by atoms with E-state index < -0.39 is 0 Å². The smallest absolute Gasteiger partial charge is 0.127 e. The predicted molar refractivity (Wildman–Crippen MR) is 86.9 cm³/mol. The topological polar surface area (TPSA) is 35.0 Å². The standard InChI is InChI=1S/C17H16N2OS/c1-13-18-16-10-6-5-9-15(16)17(19-13)21-12-11-20-14-7-3-2-4-8-14/h2-10H,11-12H2,1H3. The van der Waals surface area contributed by atoms with E-state index in [1.165, 1.54) is 0 Å². The van der Waals surface area contributed by atoms with Crippen LogP contribution >= 0.6 is 11.8 Å². The number of benzene rings is 2. The Labute approximate surface area is 128 Å². The zero-order valence-electron chi connectivity index (χ0n) is 11.8. The molecule has 0 aliphatic heterocycles. The van der Waals surface area contributed by atoms with Gasteiger partial charge in [0, 0.05) is 11.1 Å². The Kier molecular flexibility index (Phi) is 4.36. The van der Waals surface area contributed by atoms with Crippen LogP contribution in [0.5, 0.6) is 5.75 Å². The number of para-hydroxylation sites is 2. The van der Waals surface area contributed by atoms with Crippen LogP contribution in [0.2, 0.25) is 0 Å². The van der Waals surface area contributed by atoms with E-state index >= 15 is 0 Å². The Morgan fingerprint density at radius 1 is 0.952 bits per heavy atom. The van der Waals surface area contributed by atoms with Gasteiger partial charge in [-0.1, -0.05) is 36.4 Å². The molecule has 4 heteroatoms. The van der Waals surface area contributed by atoms with E-state index in [0.29, 0.717) is 6.61 Å². The van der Waals surface area contributed by atoms with Gasteiger partial charge in [0.1, 0.15) is 16.6 Å². The van der Waals surface area contributed by atoms with Crippen molar-refractivity contribution in [1.82, 2.24) is 9.97 Å². The van der Waals surface area contributed by atoms with Gasteiger partial charge in [-0.25, -0.2) is 9.97 Å². The highest BCUT2D eigenvalue weighted by Crippen LogP contribution is 2.25. The Hall–Kier alpha value is -2.07. The third-order valence-corrected chi connectivity index (χ3v) is 3.97. The van der Waals surface area contributed by atoms with Crippen LogP contribution in [-0.2, 0) is 0 Å². The molecule has 3 nitrogen and oxygen atoms in total. The van der Waals surface area contributed by atoms with Gasteiger partial charge in [-0.3, -0.25) is 0 Å². The fourth-order valence-electron chi connectivity index (χ4n) is 2.08. The Bertz CT molecular complexity index is 731. The van der Waals surface area contributed by atoms with E-state index in [1.54, 1.807) is 11.8 Å². The third-order valence-electron chi connectivity index (χ3n) is 3.01. The largest absolute Gasteiger partial charge is 0.493 e. The zero-order valence-corrected chi connectivity index (χ0v) is 12.6. The first-order valence-corrected chi connectivity index (χ1v) is 7.85. The summed E-state index contributed by atoms with van der Waals surface area (Å²) in [6, 6.07) is 18.0. The number of hydrogen-bond donors (Lipinski definition) is 0. The molecule has 106 valence electrons. The monoisotopic (exact) mass is 296 g/mol. The molecule has 0 spiro atoms. The predicted octanol–water partition coefficient (Wildman–Crippen LogP) is 4.11. The summed E-state index contributed by atoms with van der Waals surface area (Å²) in [4.78, 5) is 9.00. The summed E-state index contributed by atoms with van der Waals surface area (Å²) in [6.07, 6.45) is 0. The summed E-state index contributed by atoms with van der Waals surface area (Å²) < 4.78 is 5.71. The van der Waals surface area contributed by atoms with E-state index in [9.17, 15) is 0 Å². The molecule has 2 aromatic carbocycles. The molecule has 0 unspecified atom stereocenters. The van der Waals surface area contributed by atoms with Gasteiger partial charge in [-0.05, 0) is 25.1 Å². The van der Waals surface area contributed by atoms with Crippen LogP contribution in [0.1, 0.15) is 5.82 Å². The molecule has 1 aromatic heterocycles. The van der Waals surface area contributed by atoms with Gasteiger partial charge in [0.2, 0.25) is 0 Å². The average molecular weight is 296 g/mol. The van der Waals surface area contributed by atoms with E-state index in [0.717, 1.165) is 33.3 Å². The number of aryl methyl sites for hydroxylation is 1. The molecule has 0 saturated heterocycles. The molecule has 3 aromatic rings. The lowest BCUT2D eigenvalue weighted by atomic mass is 10.2. The van der Waals surface area contributed by atoms with Crippen molar-refractivity contribution >= 4 is 22.7 Å². The molecule has 21 heavy (non-hydrogen) atoms. The first-order chi connectivity index (χ1) is 10.3. The van der Waals surface area contributed by atoms with Crippen LogP contribution in [0.4, 0.5) is 0 Å². The second kappa shape index (κ2) is 6.59. The van der Waals surface area contributed by atoms with Gasteiger partial charge >= 0.3 is 0 Å². The number of thioether (sulfide) groups is 1. The molecule has 0 aliphatic carbocycles. The van der Waals surface area contributed by atoms with Crippen LogP contribution in [-0.4, -0.2) is 22.3 Å². The fraction of sp³-hybridized carbons (Fsp3) is 0.176. The maximum Gasteiger partial charge on any atom is 0.127 e. The van der Waals surface area contributed by atoms with Crippen LogP contribution in [0.25, 0.3) is 10.9 Å². The molecule has 0 aliphatic rings.